The molecule has 0 aliphatic heterocycles. The van der Waals surface area contributed by atoms with Gasteiger partial charge in [0.2, 0.25) is 0 Å². The molecule has 0 aromatic heterocycles. The Labute approximate surface area is 103 Å². The van der Waals surface area contributed by atoms with Crippen molar-refractivity contribution in [2.75, 3.05) is 23.3 Å². The van der Waals surface area contributed by atoms with Crippen molar-refractivity contribution < 1.29 is 4.79 Å². The van der Waals surface area contributed by atoms with Crippen LogP contribution in [0.4, 0.5) is 11.4 Å². The molecule has 0 radical (unpaired) electrons. The average Bonchev–Trinajstić information content (AvgIpc) is 2.32. The number of carbonyl (C=O) groups is 1. The van der Waals surface area contributed by atoms with Gasteiger partial charge in [-0.3, -0.25) is 4.79 Å². The monoisotopic (exact) mass is 232 g/mol. The molecule has 0 spiro atoms. The summed E-state index contributed by atoms with van der Waals surface area (Å²) in [6.07, 6.45) is 0. The first-order chi connectivity index (χ1) is 8.08. The van der Waals surface area contributed by atoms with E-state index in [1.54, 1.807) is 6.92 Å². The highest BCUT2D eigenvalue weighted by atomic mass is 16.1. The SMILES string of the molecule is C=C(C)C(=O)Nc1ccc(N(CC)CC)cc1. The Bertz CT molecular complexity index is 391. The summed E-state index contributed by atoms with van der Waals surface area (Å²) in [5, 5.41) is 2.79. The van der Waals surface area contributed by atoms with Crippen molar-refractivity contribution in [3.05, 3.63) is 36.4 Å². The lowest BCUT2D eigenvalue weighted by atomic mass is 10.2. The maximum atomic E-state index is 11.4. The van der Waals surface area contributed by atoms with Gasteiger partial charge in [0.1, 0.15) is 0 Å². The van der Waals surface area contributed by atoms with Crippen LogP contribution in [-0.2, 0) is 4.79 Å². The predicted molar refractivity (Wildman–Crippen MR) is 73.4 cm³/mol. The molecule has 0 bridgehead atoms. The molecule has 3 nitrogen and oxygen atoms in total. The lowest BCUT2D eigenvalue weighted by Crippen LogP contribution is -2.21. The van der Waals surface area contributed by atoms with Gasteiger partial charge >= 0.3 is 0 Å². The molecule has 1 N–H and O–H groups in total. The zero-order valence-electron chi connectivity index (χ0n) is 10.8. The minimum atomic E-state index is -0.138. The van der Waals surface area contributed by atoms with Crippen LogP contribution < -0.4 is 10.2 Å². The van der Waals surface area contributed by atoms with Crippen molar-refractivity contribution >= 4 is 17.3 Å². The number of nitrogens with zero attached hydrogens (tertiary/aromatic N) is 1. The number of amides is 1. The van der Waals surface area contributed by atoms with Crippen LogP contribution in [0.5, 0.6) is 0 Å². The van der Waals surface area contributed by atoms with Crippen molar-refractivity contribution in [1.82, 2.24) is 0 Å². The van der Waals surface area contributed by atoms with Gasteiger partial charge in [-0.1, -0.05) is 6.58 Å². The number of hydrogen-bond donors (Lipinski definition) is 1. The number of anilines is 2. The summed E-state index contributed by atoms with van der Waals surface area (Å²) in [5.74, 6) is -0.138. The van der Waals surface area contributed by atoms with Crippen molar-refractivity contribution in [2.45, 2.75) is 20.8 Å². The van der Waals surface area contributed by atoms with Crippen LogP contribution in [-0.4, -0.2) is 19.0 Å². The number of benzene rings is 1. The van der Waals surface area contributed by atoms with E-state index in [-0.39, 0.29) is 5.91 Å². The van der Waals surface area contributed by atoms with Crippen LogP contribution in [0.1, 0.15) is 20.8 Å². The molecule has 0 unspecified atom stereocenters. The van der Waals surface area contributed by atoms with Crippen molar-refractivity contribution in [1.29, 1.82) is 0 Å². The highest BCUT2D eigenvalue weighted by Gasteiger charge is 2.04. The number of carbonyl (C=O) groups excluding carboxylic acids is 1. The summed E-state index contributed by atoms with van der Waals surface area (Å²) in [4.78, 5) is 13.7. The first-order valence-electron chi connectivity index (χ1n) is 5.90. The van der Waals surface area contributed by atoms with E-state index in [1.165, 1.54) is 5.69 Å². The van der Waals surface area contributed by atoms with E-state index in [0.29, 0.717) is 5.57 Å². The Kier molecular flexibility index (Phi) is 4.76. The quantitative estimate of drug-likeness (QED) is 0.791. The number of nitrogens with one attached hydrogen (secondary N) is 1. The zero-order valence-corrected chi connectivity index (χ0v) is 10.8. The van der Waals surface area contributed by atoms with E-state index in [2.05, 4.69) is 30.6 Å². The molecule has 0 heterocycles. The summed E-state index contributed by atoms with van der Waals surface area (Å²) in [6.45, 7) is 11.5. The maximum Gasteiger partial charge on any atom is 0.250 e. The van der Waals surface area contributed by atoms with Gasteiger partial charge in [0, 0.05) is 30.0 Å². The molecule has 1 aromatic rings. The summed E-state index contributed by atoms with van der Waals surface area (Å²) in [5.41, 5.74) is 2.48. The Morgan fingerprint density at radius 3 is 2.18 bits per heavy atom. The zero-order chi connectivity index (χ0) is 12.8. The smallest absolute Gasteiger partial charge is 0.250 e. The number of rotatable bonds is 5. The molecule has 17 heavy (non-hydrogen) atoms. The molecule has 0 aliphatic rings. The van der Waals surface area contributed by atoms with Gasteiger partial charge in [-0.15, -0.1) is 0 Å². The summed E-state index contributed by atoms with van der Waals surface area (Å²) in [7, 11) is 0. The van der Waals surface area contributed by atoms with E-state index in [9.17, 15) is 4.79 Å². The van der Waals surface area contributed by atoms with Crippen LogP contribution >= 0.6 is 0 Å². The van der Waals surface area contributed by atoms with E-state index < -0.39 is 0 Å². The Hall–Kier alpha value is -1.77. The Morgan fingerprint density at radius 2 is 1.76 bits per heavy atom. The summed E-state index contributed by atoms with van der Waals surface area (Å²) < 4.78 is 0. The molecule has 3 heteroatoms. The third kappa shape index (κ3) is 3.63. The van der Waals surface area contributed by atoms with E-state index in [0.717, 1.165) is 18.8 Å². The fourth-order valence-electron chi connectivity index (χ4n) is 1.58. The van der Waals surface area contributed by atoms with E-state index in [1.807, 2.05) is 24.3 Å². The van der Waals surface area contributed by atoms with Crippen LogP contribution in [0.3, 0.4) is 0 Å². The van der Waals surface area contributed by atoms with E-state index >= 15 is 0 Å². The topological polar surface area (TPSA) is 32.3 Å². The molecule has 92 valence electrons. The lowest BCUT2D eigenvalue weighted by molar-refractivity contribution is -0.112. The second kappa shape index (κ2) is 6.09. The van der Waals surface area contributed by atoms with Gasteiger partial charge in [0.05, 0.1) is 0 Å². The predicted octanol–water partition coefficient (Wildman–Crippen LogP) is 3.05. The highest BCUT2D eigenvalue weighted by molar-refractivity contribution is 6.02. The molecule has 0 aliphatic carbocycles. The minimum Gasteiger partial charge on any atom is -0.372 e. The highest BCUT2D eigenvalue weighted by Crippen LogP contribution is 2.17. The van der Waals surface area contributed by atoms with Gasteiger partial charge < -0.3 is 10.2 Å². The number of hydrogen-bond acceptors (Lipinski definition) is 2. The van der Waals surface area contributed by atoms with Gasteiger partial charge in [-0.25, -0.2) is 0 Å². The van der Waals surface area contributed by atoms with Gasteiger partial charge in [-0.2, -0.15) is 0 Å². The minimum absolute atomic E-state index is 0.138. The lowest BCUT2D eigenvalue weighted by Gasteiger charge is -2.21. The molecule has 0 saturated heterocycles. The molecule has 1 amide bonds. The van der Waals surface area contributed by atoms with Gasteiger partial charge in [0.25, 0.3) is 5.91 Å². The third-order valence-corrected chi connectivity index (χ3v) is 2.64. The van der Waals surface area contributed by atoms with Crippen molar-refractivity contribution in [2.24, 2.45) is 0 Å². The summed E-state index contributed by atoms with van der Waals surface area (Å²) >= 11 is 0. The fourth-order valence-corrected chi connectivity index (χ4v) is 1.58. The second-order valence-electron chi connectivity index (χ2n) is 3.95. The van der Waals surface area contributed by atoms with Crippen LogP contribution in [0.15, 0.2) is 36.4 Å². The van der Waals surface area contributed by atoms with Crippen LogP contribution in [0, 0.1) is 0 Å². The average molecular weight is 232 g/mol. The standard InChI is InChI=1S/C14H20N2O/c1-5-16(6-2)13-9-7-12(8-10-13)15-14(17)11(3)4/h7-10H,3,5-6H2,1-2,4H3,(H,15,17). The molecule has 0 saturated carbocycles. The van der Waals surface area contributed by atoms with Crippen LogP contribution in [0.2, 0.25) is 0 Å². The first-order valence-corrected chi connectivity index (χ1v) is 5.90. The largest absolute Gasteiger partial charge is 0.372 e. The van der Waals surface area contributed by atoms with Crippen molar-refractivity contribution in [3.8, 4) is 0 Å². The van der Waals surface area contributed by atoms with Gasteiger partial charge in [-0.05, 0) is 45.0 Å². The molecular formula is C14H20N2O. The molecular weight excluding hydrogens is 212 g/mol. The first kappa shape index (κ1) is 13.3. The normalized spacial score (nSPS) is 9.82. The summed E-state index contributed by atoms with van der Waals surface area (Å²) in [6, 6.07) is 7.85. The third-order valence-electron chi connectivity index (χ3n) is 2.64. The molecule has 0 atom stereocenters. The molecule has 0 fully saturated rings. The Morgan fingerprint density at radius 1 is 1.24 bits per heavy atom. The van der Waals surface area contributed by atoms with Gasteiger partial charge in [0.15, 0.2) is 0 Å². The van der Waals surface area contributed by atoms with E-state index in [4.69, 9.17) is 0 Å². The molecule has 1 aromatic carbocycles. The fraction of sp³-hybridized carbons (Fsp3) is 0.357. The molecule has 1 rings (SSSR count). The Balaban J connectivity index is 2.74. The van der Waals surface area contributed by atoms with Crippen LogP contribution in [0.25, 0.3) is 0 Å². The maximum absolute atomic E-state index is 11.4. The van der Waals surface area contributed by atoms with Crippen molar-refractivity contribution in [3.63, 3.8) is 0 Å². The second-order valence-corrected chi connectivity index (χ2v) is 3.95.